The standard InChI is InChI=1S/C45H89NO5/c1-4-7-10-13-16-19-21-22-23-26-28-31-34-37-43(48)42(40-47)46-44(49)39-41(36-33-30-27-25-20-17-14-11-8-5-2)51-45(50)38-35-32-29-24-18-15-12-9-6-3/h41-43,47-48H,4-40H2,1-3H3,(H,46,49). The Bertz CT molecular complexity index is 731. The van der Waals surface area contributed by atoms with Gasteiger partial charge < -0.3 is 20.3 Å². The van der Waals surface area contributed by atoms with Crippen LogP contribution in [0.5, 0.6) is 0 Å². The lowest BCUT2D eigenvalue weighted by molar-refractivity contribution is -0.151. The SMILES string of the molecule is CCCCCCCCCCCCCCCC(O)C(CO)NC(=O)CC(CCCCCCCCCCCC)OC(=O)CCCCCCCCCCC. The van der Waals surface area contributed by atoms with Crippen LogP contribution < -0.4 is 5.32 Å². The Hall–Kier alpha value is -1.14. The van der Waals surface area contributed by atoms with Gasteiger partial charge in [0.2, 0.25) is 5.91 Å². The summed E-state index contributed by atoms with van der Waals surface area (Å²) in [6, 6.07) is -0.689. The maximum absolute atomic E-state index is 13.1. The van der Waals surface area contributed by atoms with E-state index in [1.807, 2.05) is 0 Å². The van der Waals surface area contributed by atoms with Gasteiger partial charge in [0, 0.05) is 6.42 Å². The summed E-state index contributed by atoms with van der Waals surface area (Å²) >= 11 is 0. The van der Waals surface area contributed by atoms with E-state index >= 15 is 0 Å². The van der Waals surface area contributed by atoms with Crippen molar-refractivity contribution in [3.63, 3.8) is 0 Å². The van der Waals surface area contributed by atoms with Crippen LogP contribution in [-0.4, -0.2) is 46.9 Å². The minimum Gasteiger partial charge on any atom is -0.462 e. The third-order valence-electron chi connectivity index (χ3n) is 10.7. The predicted octanol–water partition coefficient (Wildman–Crippen LogP) is 12.8. The molecule has 6 heteroatoms. The number of ether oxygens (including phenoxy) is 1. The first-order valence-corrected chi connectivity index (χ1v) is 22.8. The molecule has 1 amide bonds. The van der Waals surface area contributed by atoms with Crippen molar-refractivity contribution in [1.29, 1.82) is 0 Å². The second-order valence-corrected chi connectivity index (χ2v) is 15.8. The van der Waals surface area contributed by atoms with Gasteiger partial charge in [0.1, 0.15) is 6.10 Å². The molecule has 6 nitrogen and oxygen atoms in total. The van der Waals surface area contributed by atoms with Crippen molar-refractivity contribution in [1.82, 2.24) is 5.32 Å². The number of hydrogen-bond donors (Lipinski definition) is 3. The van der Waals surface area contributed by atoms with Gasteiger partial charge in [-0.3, -0.25) is 9.59 Å². The number of rotatable bonds is 41. The third kappa shape index (κ3) is 35.6. The summed E-state index contributed by atoms with van der Waals surface area (Å²) in [7, 11) is 0. The zero-order chi connectivity index (χ0) is 37.5. The van der Waals surface area contributed by atoms with Crippen molar-refractivity contribution in [2.24, 2.45) is 0 Å². The summed E-state index contributed by atoms with van der Waals surface area (Å²) in [4.78, 5) is 25.9. The Morgan fingerprint density at radius 3 is 1.20 bits per heavy atom. The van der Waals surface area contributed by atoms with E-state index < -0.39 is 18.2 Å². The Balaban J connectivity index is 4.49. The highest BCUT2D eigenvalue weighted by Crippen LogP contribution is 2.18. The predicted molar refractivity (Wildman–Crippen MR) is 218 cm³/mol. The lowest BCUT2D eigenvalue weighted by Crippen LogP contribution is -2.46. The summed E-state index contributed by atoms with van der Waals surface area (Å²) < 4.78 is 5.88. The van der Waals surface area contributed by atoms with E-state index in [1.54, 1.807) is 0 Å². The highest BCUT2D eigenvalue weighted by atomic mass is 16.5. The molecule has 0 aliphatic rings. The highest BCUT2D eigenvalue weighted by molar-refractivity contribution is 5.77. The lowest BCUT2D eigenvalue weighted by atomic mass is 10.0. The molecule has 0 rings (SSSR count). The maximum Gasteiger partial charge on any atom is 0.306 e. The third-order valence-corrected chi connectivity index (χ3v) is 10.7. The topological polar surface area (TPSA) is 95.9 Å². The van der Waals surface area contributed by atoms with Crippen LogP contribution in [0.2, 0.25) is 0 Å². The van der Waals surface area contributed by atoms with E-state index in [0.717, 1.165) is 44.9 Å². The van der Waals surface area contributed by atoms with Crippen LogP contribution in [0.3, 0.4) is 0 Å². The van der Waals surface area contributed by atoms with Crippen molar-refractivity contribution >= 4 is 11.9 Å². The molecule has 0 aliphatic heterocycles. The number of esters is 1. The molecule has 0 saturated carbocycles. The van der Waals surface area contributed by atoms with Crippen LogP contribution in [0.1, 0.15) is 252 Å². The summed E-state index contributed by atoms with van der Waals surface area (Å²) in [6.07, 6.45) is 40.2. The fourth-order valence-electron chi connectivity index (χ4n) is 7.20. The molecule has 51 heavy (non-hydrogen) atoms. The fraction of sp³-hybridized carbons (Fsp3) is 0.956. The molecule has 3 unspecified atom stereocenters. The Morgan fingerprint density at radius 2 is 0.824 bits per heavy atom. The molecule has 0 aromatic carbocycles. The average molecular weight is 724 g/mol. The number of nitrogens with one attached hydrogen (secondary N) is 1. The molecule has 0 bridgehead atoms. The summed E-state index contributed by atoms with van der Waals surface area (Å²) in [5.74, 6) is -0.463. The molecule has 0 radical (unpaired) electrons. The molecule has 0 aromatic heterocycles. The average Bonchev–Trinajstić information content (AvgIpc) is 3.12. The smallest absolute Gasteiger partial charge is 0.306 e. The lowest BCUT2D eigenvalue weighted by Gasteiger charge is -2.24. The van der Waals surface area contributed by atoms with Crippen LogP contribution in [0, 0.1) is 0 Å². The van der Waals surface area contributed by atoms with Gasteiger partial charge >= 0.3 is 5.97 Å². The molecule has 3 N–H and O–H groups in total. The first-order valence-electron chi connectivity index (χ1n) is 22.8. The van der Waals surface area contributed by atoms with Crippen LogP contribution in [0.15, 0.2) is 0 Å². The Morgan fingerprint density at radius 1 is 0.490 bits per heavy atom. The molecule has 304 valence electrons. The van der Waals surface area contributed by atoms with Crippen LogP contribution in [0.4, 0.5) is 0 Å². The molecule has 0 heterocycles. The maximum atomic E-state index is 13.1. The second kappa shape index (κ2) is 40.1. The van der Waals surface area contributed by atoms with E-state index in [4.69, 9.17) is 4.74 Å². The molecule has 0 fully saturated rings. The second-order valence-electron chi connectivity index (χ2n) is 15.8. The summed E-state index contributed by atoms with van der Waals surface area (Å²) in [5.41, 5.74) is 0. The van der Waals surface area contributed by atoms with Crippen LogP contribution in [-0.2, 0) is 14.3 Å². The van der Waals surface area contributed by atoms with Crippen molar-refractivity contribution in [3.8, 4) is 0 Å². The number of aliphatic hydroxyl groups is 2. The van der Waals surface area contributed by atoms with E-state index in [2.05, 4.69) is 26.1 Å². The summed E-state index contributed by atoms with van der Waals surface area (Å²) in [6.45, 7) is 6.46. The summed E-state index contributed by atoms with van der Waals surface area (Å²) in [5, 5.41) is 23.6. The number of unbranched alkanes of at least 4 members (excludes halogenated alkanes) is 29. The number of aliphatic hydroxyl groups excluding tert-OH is 2. The molecule has 3 atom stereocenters. The minimum absolute atomic E-state index is 0.0862. The molecule has 0 aromatic rings. The number of hydrogen-bond acceptors (Lipinski definition) is 5. The van der Waals surface area contributed by atoms with Crippen molar-refractivity contribution < 1.29 is 24.5 Å². The Labute approximate surface area is 317 Å². The van der Waals surface area contributed by atoms with Gasteiger partial charge in [-0.1, -0.05) is 213 Å². The first kappa shape index (κ1) is 49.9. The normalized spacial score (nSPS) is 13.3. The molecular weight excluding hydrogens is 634 g/mol. The molecule has 0 aliphatic carbocycles. The zero-order valence-electron chi connectivity index (χ0n) is 34.5. The van der Waals surface area contributed by atoms with E-state index in [9.17, 15) is 19.8 Å². The number of carbonyl (C=O) groups is 2. The van der Waals surface area contributed by atoms with Gasteiger partial charge in [0.05, 0.1) is 25.2 Å². The van der Waals surface area contributed by atoms with Crippen LogP contribution in [0.25, 0.3) is 0 Å². The first-order chi connectivity index (χ1) is 25.0. The fourth-order valence-corrected chi connectivity index (χ4v) is 7.20. The largest absolute Gasteiger partial charge is 0.462 e. The number of carbonyl (C=O) groups excluding carboxylic acids is 2. The minimum atomic E-state index is -0.777. The zero-order valence-corrected chi connectivity index (χ0v) is 34.5. The van der Waals surface area contributed by atoms with Gasteiger partial charge in [-0.2, -0.15) is 0 Å². The molecular formula is C45H89NO5. The Kier molecular flexibility index (Phi) is 39.2. The van der Waals surface area contributed by atoms with Crippen molar-refractivity contribution in [2.45, 2.75) is 270 Å². The van der Waals surface area contributed by atoms with Gasteiger partial charge in [-0.05, 0) is 25.7 Å². The quantitative estimate of drug-likeness (QED) is 0.0431. The molecule has 0 spiro atoms. The number of amides is 1. The molecule has 0 saturated heterocycles. The van der Waals surface area contributed by atoms with Gasteiger partial charge in [-0.25, -0.2) is 0 Å². The van der Waals surface area contributed by atoms with Gasteiger partial charge in [0.25, 0.3) is 0 Å². The van der Waals surface area contributed by atoms with Crippen LogP contribution >= 0.6 is 0 Å². The van der Waals surface area contributed by atoms with Crippen molar-refractivity contribution in [3.05, 3.63) is 0 Å². The highest BCUT2D eigenvalue weighted by Gasteiger charge is 2.24. The van der Waals surface area contributed by atoms with E-state index in [1.165, 1.54) is 161 Å². The van der Waals surface area contributed by atoms with Gasteiger partial charge in [-0.15, -0.1) is 0 Å². The van der Waals surface area contributed by atoms with Gasteiger partial charge in [0.15, 0.2) is 0 Å². The van der Waals surface area contributed by atoms with Crippen molar-refractivity contribution in [2.75, 3.05) is 6.61 Å². The van der Waals surface area contributed by atoms with E-state index in [-0.39, 0.29) is 24.9 Å². The van der Waals surface area contributed by atoms with E-state index in [0.29, 0.717) is 19.3 Å². The monoisotopic (exact) mass is 724 g/mol.